The summed E-state index contributed by atoms with van der Waals surface area (Å²) in [5, 5.41) is 7.72. The van der Waals surface area contributed by atoms with Crippen molar-refractivity contribution >= 4 is 17.8 Å². The number of rotatable bonds is 9. The Morgan fingerprint density at radius 3 is 2.53 bits per heavy atom. The zero-order chi connectivity index (χ0) is 28.1. The van der Waals surface area contributed by atoms with E-state index in [9.17, 15) is 18.0 Å². The van der Waals surface area contributed by atoms with Gasteiger partial charge in [0.25, 0.3) is 0 Å². The highest BCUT2D eigenvalue weighted by Crippen LogP contribution is 2.47. The minimum Gasteiger partial charge on any atom is -0.493 e. The van der Waals surface area contributed by atoms with Crippen molar-refractivity contribution in [1.82, 2.24) is 0 Å². The molecule has 0 saturated heterocycles. The van der Waals surface area contributed by atoms with Gasteiger partial charge in [-0.15, -0.1) is 0 Å². The SMILES string of the molecule is CCCCC(=CC=N)c1ccc(C(F)(F)F)c(C(OC(C)(C)C)C(=O)OC)c1-c1ccc2c(c1)CCCO2. The van der Waals surface area contributed by atoms with E-state index in [0.717, 1.165) is 50.6 Å². The summed E-state index contributed by atoms with van der Waals surface area (Å²) in [4.78, 5) is 13.1. The maximum absolute atomic E-state index is 14.6. The van der Waals surface area contributed by atoms with Crippen LogP contribution in [0.5, 0.6) is 5.75 Å². The quantitative estimate of drug-likeness (QED) is 0.263. The molecule has 38 heavy (non-hydrogen) atoms. The molecule has 0 fully saturated rings. The van der Waals surface area contributed by atoms with Crippen molar-refractivity contribution in [1.29, 1.82) is 5.41 Å². The smallest absolute Gasteiger partial charge is 0.416 e. The molecule has 0 amide bonds. The first kappa shape index (κ1) is 29.4. The number of hydrogen-bond donors (Lipinski definition) is 1. The number of fused-ring (bicyclic) bond motifs is 1. The Hall–Kier alpha value is -3.13. The van der Waals surface area contributed by atoms with E-state index in [1.807, 2.05) is 13.0 Å². The van der Waals surface area contributed by atoms with Crippen molar-refractivity contribution < 1.29 is 32.2 Å². The van der Waals surface area contributed by atoms with Crippen LogP contribution in [0.3, 0.4) is 0 Å². The lowest BCUT2D eigenvalue weighted by Gasteiger charge is -2.31. The number of aryl methyl sites for hydroxylation is 1. The van der Waals surface area contributed by atoms with E-state index < -0.39 is 29.4 Å². The second-order valence-corrected chi connectivity index (χ2v) is 10.3. The highest BCUT2D eigenvalue weighted by Gasteiger charge is 2.42. The van der Waals surface area contributed by atoms with Crippen LogP contribution in [0, 0.1) is 5.41 Å². The van der Waals surface area contributed by atoms with Gasteiger partial charge in [-0.1, -0.05) is 25.5 Å². The van der Waals surface area contributed by atoms with Gasteiger partial charge in [0.05, 0.1) is 24.9 Å². The lowest BCUT2D eigenvalue weighted by atomic mass is 9.83. The Kier molecular flexibility index (Phi) is 9.41. The van der Waals surface area contributed by atoms with Gasteiger partial charge in [0.2, 0.25) is 0 Å². The molecule has 206 valence electrons. The van der Waals surface area contributed by atoms with Crippen molar-refractivity contribution in [3.63, 3.8) is 0 Å². The van der Waals surface area contributed by atoms with Crippen LogP contribution >= 0.6 is 0 Å². The second-order valence-electron chi connectivity index (χ2n) is 10.3. The lowest BCUT2D eigenvalue weighted by Crippen LogP contribution is -2.30. The van der Waals surface area contributed by atoms with Gasteiger partial charge in [0.1, 0.15) is 5.75 Å². The summed E-state index contributed by atoms with van der Waals surface area (Å²) in [6, 6.07) is 7.76. The molecule has 5 nitrogen and oxygen atoms in total. The van der Waals surface area contributed by atoms with E-state index in [4.69, 9.17) is 19.6 Å². The van der Waals surface area contributed by atoms with Crippen LogP contribution in [-0.4, -0.2) is 31.5 Å². The van der Waals surface area contributed by atoms with Crippen LogP contribution in [-0.2, 0) is 26.9 Å². The van der Waals surface area contributed by atoms with Gasteiger partial charge in [-0.2, -0.15) is 13.2 Å². The third-order valence-electron chi connectivity index (χ3n) is 6.33. The zero-order valence-corrected chi connectivity index (χ0v) is 22.6. The van der Waals surface area contributed by atoms with Crippen LogP contribution in [0.25, 0.3) is 16.7 Å². The standard InChI is InChI=1S/C30H36F3NO4/c1-6-7-9-19(15-16-34)22-12-13-23(30(31,32)33)26(27(28(35)36-5)38-29(2,3)4)25(22)21-11-14-24-20(18-21)10-8-17-37-24/h11-16,18,27,34H,6-10,17H2,1-5H3. The predicted octanol–water partition coefficient (Wildman–Crippen LogP) is 7.95. The lowest BCUT2D eigenvalue weighted by molar-refractivity contribution is -0.166. The molecule has 3 rings (SSSR count). The van der Waals surface area contributed by atoms with Gasteiger partial charge in [0.15, 0.2) is 6.10 Å². The number of unbranched alkanes of at least 4 members (excludes halogenated alkanes) is 1. The molecule has 1 N–H and O–H groups in total. The van der Waals surface area contributed by atoms with E-state index in [2.05, 4.69) is 0 Å². The van der Waals surface area contributed by atoms with E-state index in [1.54, 1.807) is 39.0 Å². The molecule has 2 aromatic carbocycles. The molecule has 0 radical (unpaired) electrons. The number of carbonyl (C=O) groups is 1. The molecule has 8 heteroatoms. The summed E-state index contributed by atoms with van der Waals surface area (Å²) in [5.41, 5.74) is 0.680. The number of esters is 1. The second kappa shape index (κ2) is 12.2. The normalized spacial score (nSPS) is 14.9. The predicted molar refractivity (Wildman–Crippen MR) is 143 cm³/mol. The molecule has 0 aromatic heterocycles. The van der Waals surface area contributed by atoms with Gasteiger partial charge in [-0.05, 0) is 98.6 Å². The molecule has 0 aliphatic carbocycles. The average Bonchev–Trinajstić information content (AvgIpc) is 2.87. The van der Waals surface area contributed by atoms with Crippen LogP contribution < -0.4 is 4.74 Å². The largest absolute Gasteiger partial charge is 0.493 e. The molecule has 0 saturated carbocycles. The van der Waals surface area contributed by atoms with Crippen LogP contribution in [0.1, 0.15) is 81.7 Å². The highest BCUT2D eigenvalue weighted by molar-refractivity contribution is 5.93. The Bertz CT molecular complexity index is 1200. The van der Waals surface area contributed by atoms with Crippen LogP contribution in [0.2, 0.25) is 0 Å². The summed E-state index contributed by atoms with van der Waals surface area (Å²) in [6.07, 6.45) is 0.0749. The Morgan fingerprint density at radius 2 is 1.92 bits per heavy atom. The number of benzene rings is 2. The van der Waals surface area contributed by atoms with Crippen molar-refractivity contribution in [3.05, 3.63) is 58.7 Å². The van der Waals surface area contributed by atoms with E-state index in [1.165, 1.54) is 6.07 Å². The topological polar surface area (TPSA) is 68.6 Å². The molecule has 1 atom stereocenters. The summed E-state index contributed by atoms with van der Waals surface area (Å²) in [5.74, 6) is -0.219. The number of nitrogens with one attached hydrogen (secondary N) is 1. The number of ether oxygens (including phenoxy) is 3. The Balaban J connectivity index is 2.48. The van der Waals surface area contributed by atoms with Gasteiger partial charge >= 0.3 is 12.1 Å². The van der Waals surface area contributed by atoms with Crippen molar-refractivity contribution in [3.8, 4) is 16.9 Å². The number of carbonyl (C=O) groups excluding carboxylic acids is 1. The van der Waals surface area contributed by atoms with Gasteiger partial charge < -0.3 is 19.6 Å². The van der Waals surface area contributed by atoms with E-state index in [-0.39, 0.29) is 11.1 Å². The minimum absolute atomic E-state index is 0.247. The van der Waals surface area contributed by atoms with Crippen molar-refractivity contribution in [2.45, 2.75) is 77.7 Å². The van der Waals surface area contributed by atoms with Gasteiger partial charge in [-0.3, -0.25) is 0 Å². The fourth-order valence-corrected chi connectivity index (χ4v) is 4.69. The zero-order valence-electron chi connectivity index (χ0n) is 22.6. The molecule has 1 unspecified atom stereocenters. The summed E-state index contributed by atoms with van der Waals surface area (Å²) >= 11 is 0. The monoisotopic (exact) mass is 531 g/mol. The fourth-order valence-electron chi connectivity index (χ4n) is 4.69. The third-order valence-corrected chi connectivity index (χ3v) is 6.33. The minimum atomic E-state index is -4.76. The molecular formula is C30H36F3NO4. The molecule has 1 aliphatic rings. The van der Waals surface area contributed by atoms with E-state index >= 15 is 0 Å². The highest BCUT2D eigenvalue weighted by atomic mass is 19.4. The summed E-state index contributed by atoms with van der Waals surface area (Å²) < 4.78 is 60.5. The molecule has 0 bridgehead atoms. The third kappa shape index (κ3) is 6.84. The summed E-state index contributed by atoms with van der Waals surface area (Å²) in [6.45, 7) is 7.64. The number of alkyl halides is 3. The number of methoxy groups -OCH3 is 1. The van der Waals surface area contributed by atoms with Gasteiger partial charge in [-0.25, -0.2) is 4.79 Å². The maximum Gasteiger partial charge on any atom is 0.416 e. The Morgan fingerprint density at radius 1 is 1.18 bits per heavy atom. The van der Waals surface area contributed by atoms with Crippen LogP contribution in [0.4, 0.5) is 13.2 Å². The first-order valence-electron chi connectivity index (χ1n) is 12.9. The average molecular weight is 532 g/mol. The number of halogens is 3. The molecular weight excluding hydrogens is 495 g/mol. The molecule has 1 heterocycles. The molecule has 2 aromatic rings. The molecule has 0 spiro atoms. The van der Waals surface area contributed by atoms with Crippen molar-refractivity contribution in [2.24, 2.45) is 0 Å². The van der Waals surface area contributed by atoms with Crippen LogP contribution in [0.15, 0.2) is 36.4 Å². The number of allylic oxidation sites excluding steroid dienone is 2. The molecule has 1 aliphatic heterocycles. The fraction of sp³-hybridized carbons (Fsp3) is 0.467. The van der Waals surface area contributed by atoms with E-state index in [0.29, 0.717) is 35.5 Å². The summed E-state index contributed by atoms with van der Waals surface area (Å²) in [7, 11) is 1.13. The van der Waals surface area contributed by atoms with Gasteiger partial charge in [0, 0.05) is 11.8 Å². The first-order valence-corrected chi connectivity index (χ1v) is 12.9. The Labute approximate surface area is 222 Å². The van der Waals surface area contributed by atoms with Crippen molar-refractivity contribution in [2.75, 3.05) is 13.7 Å². The first-order chi connectivity index (χ1) is 17.9. The maximum atomic E-state index is 14.6. The number of hydrogen-bond acceptors (Lipinski definition) is 5.